The molecule has 0 aliphatic carbocycles. The minimum absolute atomic E-state index is 0.352. The van der Waals surface area contributed by atoms with Crippen LogP contribution in [0.25, 0.3) is 0 Å². The van der Waals surface area contributed by atoms with Crippen LogP contribution >= 0.6 is 11.8 Å². The predicted molar refractivity (Wildman–Crippen MR) is 68.1 cm³/mol. The van der Waals surface area contributed by atoms with Crippen molar-refractivity contribution in [3.05, 3.63) is 35.9 Å². The normalized spacial score (nSPS) is 12.7. The fourth-order valence-corrected chi connectivity index (χ4v) is 2.30. The zero-order valence-electron chi connectivity index (χ0n) is 9.61. The molecule has 0 heterocycles. The third kappa shape index (κ3) is 5.24. The Kier molecular flexibility index (Phi) is 6.53. The first-order valence-electron chi connectivity index (χ1n) is 5.64. The van der Waals surface area contributed by atoms with E-state index < -0.39 is 0 Å². The second kappa shape index (κ2) is 7.77. The SMILES string of the molecule is CCCOC(CC)SCc1ccccc1. The highest BCUT2D eigenvalue weighted by molar-refractivity contribution is 7.99. The molecular weight excluding hydrogens is 204 g/mol. The van der Waals surface area contributed by atoms with E-state index in [4.69, 9.17) is 4.74 Å². The summed E-state index contributed by atoms with van der Waals surface area (Å²) in [5.41, 5.74) is 1.73. The summed E-state index contributed by atoms with van der Waals surface area (Å²) in [4.78, 5) is 0. The van der Waals surface area contributed by atoms with Crippen molar-refractivity contribution >= 4 is 11.8 Å². The van der Waals surface area contributed by atoms with Crippen molar-refractivity contribution in [1.29, 1.82) is 0 Å². The van der Waals surface area contributed by atoms with E-state index in [1.54, 1.807) is 0 Å². The van der Waals surface area contributed by atoms with Crippen LogP contribution in [0.15, 0.2) is 30.3 Å². The van der Waals surface area contributed by atoms with Gasteiger partial charge in [-0.25, -0.2) is 0 Å². The summed E-state index contributed by atoms with van der Waals surface area (Å²) in [6.07, 6.45) is 2.18. The zero-order valence-corrected chi connectivity index (χ0v) is 10.4. The smallest absolute Gasteiger partial charge is 0.103 e. The van der Waals surface area contributed by atoms with Gasteiger partial charge in [0.05, 0.1) is 0 Å². The molecule has 0 bridgehead atoms. The van der Waals surface area contributed by atoms with E-state index >= 15 is 0 Å². The monoisotopic (exact) mass is 224 g/mol. The van der Waals surface area contributed by atoms with Crippen molar-refractivity contribution in [2.75, 3.05) is 6.61 Å². The van der Waals surface area contributed by atoms with Crippen molar-refractivity contribution in [2.24, 2.45) is 0 Å². The molecule has 84 valence electrons. The van der Waals surface area contributed by atoms with Gasteiger partial charge in [-0.15, -0.1) is 11.8 Å². The molecule has 0 saturated carbocycles. The van der Waals surface area contributed by atoms with Crippen LogP contribution in [-0.2, 0) is 10.5 Å². The highest BCUT2D eigenvalue weighted by Crippen LogP contribution is 2.21. The van der Waals surface area contributed by atoms with Gasteiger partial charge in [-0.05, 0) is 18.4 Å². The summed E-state index contributed by atoms with van der Waals surface area (Å²) < 4.78 is 5.73. The van der Waals surface area contributed by atoms with Crippen LogP contribution in [0.2, 0.25) is 0 Å². The second-order valence-electron chi connectivity index (χ2n) is 3.51. The number of rotatable bonds is 7. The maximum absolute atomic E-state index is 5.73. The third-order valence-electron chi connectivity index (χ3n) is 2.12. The van der Waals surface area contributed by atoms with E-state index in [0.29, 0.717) is 5.44 Å². The maximum Gasteiger partial charge on any atom is 0.103 e. The van der Waals surface area contributed by atoms with Gasteiger partial charge in [0.25, 0.3) is 0 Å². The molecule has 0 fully saturated rings. The molecule has 0 radical (unpaired) electrons. The molecule has 0 spiro atoms. The fraction of sp³-hybridized carbons (Fsp3) is 0.538. The Morgan fingerprint density at radius 1 is 1.20 bits per heavy atom. The lowest BCUT2D eigenvalue weighted by Crippen LogP contribution is -2.08. The van der Waals surface area contributed by atoms with Crippen molar-refractivity contribution in [3.63, 3.8) is 0 Å². The molecule has 1 aromatic rings. The lowest BCUT2D eigenvalue weighted by molar-refractivity contribution is 0.111. The topological polar surface area (TPSA) is 9.23 Å². The molecule has 0 N–H and O–H groups in total. The van der Waals surface area contributed by atoms with Gasteiger partial charge in [-0.1, -0.05) is 44.2 Å². The average Bonchev–Trinajstić information content (AvgIpc) is 2.31. The van der Waals surface area contributed by atoms with Crippen LogP contribution in [0, 0.1) is 0 Å². The number of hydrogen-bond acceptors (Lipinski definition) is 2. The van der Waals surface area contributed by atoms with E-state index in [-0.39, 0.29) is 0 Å². The lowest BCUT2D eigenvalue weighted by Gasteiger charge is -2.14. The molecule has 1 unspecified atom stereocenters. The Labute approximate surface area is 97.2 Å². The van der Waals surface area contributed by atoms with Gasteiger partial charge in [-0.3, -0.25) is 0 Å². The van der Waals surface area contributed by atoms with Crippen molar-refractivity contribution < 1.29 is 4.74 Å². The van der Waals surface area contributed by atoms with Gasteiger partial charge in [0.2, 0.25) is 0 Å². The molecule has 1 rings (SSSR count). The number of benzene rings is 1. The molecule has 1 atom stereocenters. The van der Waals surface area contributed by atoms with E-state index in [9.17, 15) is 0 Å². The zero-order chi connectivity index (χ0) is 10.9. The van der Waals surface area contributed by atoms with E-state index in [1.807, 2.05) is 11.8 Å². The van der Waals surface area contributed by atoms with Gasteiger partial charge in [0.15, 0.2) is 0 Å². The molecule has 0 aliphatic heterocycles. The number of hydrogen-bond donors (Lipinski definition) is 0. The summed E-state index contributed by atoms with van der Waals surface area (Å²) >= 11 is 1.89. The summed E-state index contributed by atoms with van der Waals surface area (Å²) in [6, 6.07) is 10.6. The molecule has 1 nitrogen and oxygen atoms in total. The second-order valence-corrected chi connectivity index (χ2v) is 4.65. The van der Waals surface area contributed by atoms with Gasteiger partial charge >= 0.3 is 0 Å². The highest BCUT2D eigenvalue weighted by Gasteiger charge is 2.06. The van der Waals surface area contributed by atoms with Gasteiger partial charge in [-0.2, -0.15) is 0 Å². The first-order chi connectivity index (χ1) is 7.36. The first kappa shape index (κ1) is 12.6. The predicted octanol–water partition coefficient (Wildman–Crippen LogP) is 4.08. The number of ether oxygens (including phenoxy) is 1. The van der Waals surface area contributed by atoms with E-state index in [0.717, 1.165) is 25.2 Å². The molecule has 0 aliphatic rings. The van der Waals surface area contributed by atoms with Crippen LogP contribution in [0.3, 0.4) is 0 Å². The average molecular weight is 224 g/mol. The Bertz CT molecular complexity index is 248. The van der Waals surface area contributed by atoms with Crippen LogP contribution in [0.1, 0.15) is 32.3 Å². The highest BCUT2D eigenvalue weighted by atomic mass is 32.2. The van der Waals surface area contributed by atoms with Crippen LogP contribution in [0.4, 0.5) is 0 Å². The summed E-state index contributed by atoms with van der Waals surface area (Å²) in [6.45, 7) is 5.20. The molecule has 0 amide bonds. The Morgan fingerprint density at radius 2 is 1.93 bits per heavy atom. The molecule has 0 saturated heterocycles. The maximum atomic E-state index is 5.73. The molecular formula is C13H20OS. The van der Waals surface area contributed by atoms with Crippen LogP contribution < -0.4 is 0 Å². The Morgan fingerprint density at radius 3 is 2.53 bits per heavy atom. The lowest BCUT2D eigenvalue weighted by atomic mass is 10.2. The van der Waals surface area contributed by atoms with Gasteiger partial charge < -0.3 is 4.74 Å². The van der Waals surface area contributed by atoms with Crippen LogP contribution in [0.5, 0.6) is 0 Å². The van der Waals surface area contributed by atoms with Crippen molar-refractivity contribution in [3.8, 4) is 0 Å². The van der Waals surface area contributed by atoms with E-state index in [1.165, 1.54) is 5.56 Å². The van der Waals surface area contributed by atoms with Crippen LogP contribution in [-0.4, -0.2) is 12.0 Å². The van der Waals surface area contributed by atoms with Gasteiger partial charge in [0, 0.05) is 12.4 Å². The minimum atomic E-state index is 0.352. The van der Waals surface area contributed by atoms with Crippen molar-refractivity contribution in [1.82, 2.24) is 0 Å². The summed E-state index contributed by atoms with van der Waals surface area (Å²) in [7, 11) is 0. The third-order valence-corrected chi connectivity index (χ3v) is 3.46. The number of thioether (sulfide) groups is 1. The Hall–Kier alpha value is -0.470. The molecule has 15 heavy (non-hydrogen) atoms. The Balaban J connectivity index is 2.28. The first-order valence-corrected chi connectivity index (χ1v) is 6.68. The van der Waals surface area contributed by atoms with E-state index in [2.05, 4.69) is 44.2 Å². The quantitative estimate of drug-likeness (QED) is 0.645. The molecule has 1 aromatic carbocycles. The van der Waals surface area contributed by atoms with Gasteiger partial charge in [0.1, 0.15) is 5.44 Å². The van der Waals surface area contributed by atoms with Crippen molar-refractivity contribution in [2.45, 2.75) is 37.9 Å². The molecule has 2 heteroatoms. The summed E-state index contributed by atoms with van der Waals surface area (Å²) in [5.74, 6) is 1.04. The largest absolute Gasteiger partial charge is 0.368 e. The standard InChI is InChI=1S/C13H20OS/c1-3-10-14-13(4-2)15-11-12-8-6-5-7-9-12/h5-9,13H,3-4,10-11H2,1-2H3. The molecule has 0 aromatic heterocycles. The minimum Gasteiger partial charge on any atom is -0.368 e. The summed E-state index contributed by atoms with van der Waals surface area (Å²) in [5, 5.41) is 0. The fourth-order valence-electron chi connectivity index (χ4n) is 1.30.